The molecule has 1 aromatic heterocycles. The molecule has 2 aliphatic rings. The average Bonchev–Trinajstić information content (AvgIpc) is 3.17. The smallest absolute Gasteiger partial charge is 0.111 e. The number of aromatic nitrogens is 1. The van der Waals surface area contributed by atoms with Crippen molar-refractivity contribution in [1.82, 2.24) is 4.98 Å². The highest BCUT2D eigenvalue weighted by atomic mass is 16.5. The zero-order chi connectivity index (χ0) is 29.9. The Morgan fingerprint density at radius 1 is 0.974 bits per heavy atom. The van der Waals surface area contributed by atoms with Crippen LogP contribution in [-0.2, 0) is 22.2 Å². The van der Waals surface area contributed by atoms with Gasteiger partial charge in [-0.05, 0) is 65.5 Å². The minimum Gasteiger partial charge on any atom is -0.388 e. The molecular formula is C36H59NO2. The first-order valence-corrected chi connectivity index (χ1v) is 15.6. The molecule has 1 aliphatic heterocycles. The highest BCUT2D eigenvalue weighted by Crippen LogP contribution is 2.55. The Bertz CT molecular complexity index is 1070. The number of ether oxygens (including phenoxy) is 1. The molecule has 0 spiro atoms. The average molecular weight is 538 g/mol. The highest BCUT2D eigenvalue weighted by Gasteiger charge is 2.48. The molecule has 2 aromatic rings. The molecule has 3 nitrogen and oxygen atoms in total. The third kappa shape index (κ3) is 7.33. The second-order valence-electron chi connectivity index (χ2n) is 14.1. The summed E-state index contributed by atoms with van der Waals surface area (Å²) in [5.74, 6) is 1.17. The lowest BCUT2D eigenvalue weighted by Crippen LogP contribution is -2.31. The van der Waals surface area contributed by atoms with Crippen LogP contribution in [0.4, 0.5) is 0 Å². The van der Waals surface area contributed by atoms with E-state index in [0.717, 1.165) is 42.1 Å². The van der Waals surface area contributed by atoms with E-state index in [0.29, 0.717) is 0 Å². The zero-order valence-corrected chi connectivity index (χ0v) is 27.7. The number of aliphatic hydroxyl groups excluding tert-OH is 1. The topological polar surface area (TPSA) is 42.4 Å². The van der Waals surface area contributed by atoms with Gasteiger partial charge in [0.15, 0.2) is 0 Å². The molecular weight excluding hydrogens is 478 g/mol. The Balaban J connectivity index is 0.000000686. The van der Waals surface area contributed by atoms with Gasteiger partial charge in [0.25, 0.3) is 0 Å². The summed E-state index contributed by atoms with van der Waals surface area (Å²) in [6.45, 7) is 30.7. The van der Waals surface area contributed by atoms with Crippen molar-refractivity contribution in [3.8, 4) is 0 Å². The maximum atomic E-state index is 11.3. The lowest BCUT2D eigenvalue weighted by Gasteiger charge is -2.38. The van der Waals surface area contributed by atoms with E-state index in [4.69, 9.17) is 9.72 Å². The number of benzene rings is 1. The highest BCUT2D eigenvalue weighted by molar-refractivity contribution is 5.54. The fourth-order valence-corrected chi connectivity index (χ4v) is 5.63. The summed E-state index contributed by atoms with van der Waals surface area (Å²) in [5, 5.41) is 11.3. The number of aliphatic hydroxyl groups is 1. The van der Waals surface area contributed by atoms with Crippen LogP contribution in [0.15, 0.2) is 24.3 Å². The molecule has 3 unspecified atom stereocenters. The van der Waals surface area contributed by atoms with Crippen molar-refractivity contribution in [1.29, 1.82) is 0 Å². The zero-order valence-electron chi connectivity index (χ0n) is 27.7. The number of hydrogen-bond acceptors (Lipinski definition) is 3. The fourth-order valence-electron chi connectivity index (χ4n) is 5.63. The van der Waals surface area contributed by atoms with E-state index in [1.54, 1.807) is 0 Å². The third-order valence-corrected chi connectivity index (χ3v) is 8.39. The molecule has 0 amide bonds. The first kappa shape index (κ1) is 33.5. The van der Waals surface area contributed by atoms with Crippen molar-refractivity contribution >= 4 is 0 Å². The van der Waals surface area contributed by atoms with Crippen molar-refractivity contribution in [3.05, 3.63) is 63.5 Å². The predicted molar refractivity (Wildman–Crippen MR) is 168 cm³/mol. The number of fused-ring (bicyclic) bond motifs is 3. The summed E-state index contributed by atoms with van der Waals surface area (Å²) in [6.07, 6.45) is 3.19. The Labute approximate surface area is 241 Å². The van der Waals surface area contributed by atoms with Gasteiger partial charge in [0.2, 0.25) is 0 Å². The molecule has 4 rings (SSSR count). The van der Waals surface area contributed by atoms with Gasteiger partial charge in [0, 0.05) is 22.5 Å². The molecule has 0 saturated carbocycles. The molecule has 220 valence electrons. The van der Waals surface area contributed by atoms with Crippen LogP contribution in [0.3, 0.4) is 0 Å². The Morgan fingerprint density at radius 3 is 1.95 bits per heavy atom. The molecule has 3 heteroatoms. The lowest BCUT2D eigenvalue weighted by atomic mass is 9.70. The minimum atomic E-state index is -0.493. The van der Waals surface area contributed by atoms with Crippen LogP contribution in [0.25, 0.3) is 0 Å². The van der Waals surface area contributed by atoms with E-state index >= 15 is 0 Å². The summed E-state index contributed by atoms with van der Waals surface area (Å²) < 4.78 is 6.89. The number of pyridine rings is 1. The van der Waals surface area contributed by atoms with Gasteiger partial charge in [-0.15, -0.1) is 0 Å². The van der Waals surface area contributed by atoms with E-state index in [9.17, 15) is 5.11 Å². The second kappa shape index (κ2) is 12.9. The predicted octanol–water partition coefficient (Wildman–Crippen LogP) is 10.3. The largest absolute Gasteiger partial charge is 0.388 e. The second-order valence-corrected chi connectivity index (χ2v) is 14.1. The lowest BCUT2D eigenvalue weighted by molar-refractivity contribution is -0.0521. The van der Waals surface area contributed by atoms with Crippen LogP contribution in [-0.4, -0.2) is 10.1 Å². The van der Waals surface area contributed by atoms with E-state index < -0.39 is 11.7 Å². The van der Waals surface area contributed by atoms with E-state index in [1.807, 2.05) is 13.8 Å². The van der Waals surface area contributed by atoms with E-state index in [2.05, 4.69) is 107 Å². The summed E-state index contributed by atoms with van der Waals surface area (Å²) >= 11 is 0. The molecule has 1 N–H and O–H groups in total. The van der Waals surface area contributed by atoms with Crippen molar-refractivity contribution < 1.29 is 9.84 Å². The van der Waals surface area contributed by atoms with Crippen molar-refractivity contribution in [2.24, 2.45) is 11.3 Å². The summed E-state index contributed by atoms with van der Waals surface area (Å²) in [5.41, 5.74) is 7.89. The normalized spacial score (nSPS) is 23.4. The van der Waals surface area contributed by atoms with Crippen molar-refractivity contribution in [3.63, 3.8) is 0 Å². The van der Waals surface area contributed by atoms with Crippen LogP contribution in [0, 0.1) is 11.3 Å². The Kier molecular flexibility index (Phi) is 11.0. The molecule has 0 fully saturated rings. The molecule has 0 saturated heterocycles. The van der Waals surface area contributed by atoms with Gasteiger partial charge < -0.3 is 9.84 Å². The summed E-state index contributed by atoms with van der Waals surface area (Å²) in [7, 11) is 0. The first-order chi connectivity index (χ1) is 18.0. The summed E-state index contributed by atoms with van der Waals surface area (Å²) in [4.78, 5) is 5.22. The molecule has 0 radical (unpaired) electrons. The standard InChI is InChI=1S/C29H41NO2.C5H12.C2H6/c1-10-29(9)24-22-20(15-28(7,8)16-21(22)31)30-25(17(2)3)23(24)26(32-29)18-11-13-19(14-12-18)27(4,5)6;1-4-5(2)3;1-2/h11-14,17,21,26,31H,10,15-16H2,1-9H3;5H,4H2,1-3H3;1-2H3. The summed E-state index contributed by atoms with van der Waals surface area (Å²) in [6, 6.07) is 8.91. The molecule has 0 bridgehead atoms. The van der Waals surface area contributed by atoms with Gasteiger partial charge in [0.05, 0.1) is 11.7 Å². The number of hydrogen-bond donors (Lipinski definition) is 1. The SMILES string of the molecule is CC.CCC(C)C.CCC1(C)OC(c2ccc(C(C)(C)C)cc2)c2c(C(C)C)nc3c(c21)C(O)CC(C)(C)C3. The first-order valence-electron chi connectivity index (χ1n) is 15.6. The quantitative estimate of drug-likeness (QED) is 0.422. The third-order valence-electron chi connectivity index (χ3n) is 8.39. The van der Waals surface area contributed by atoms with Crippen LogP contribution < -0.4 is 0 Å². The van der Waals surface area contributed by atoms with Crippen molar-refractivity contribution in [2.75, 3.05) is 0 Å². The van der Waals surface area contributed by atoms with Gasteiger partial charge in [-0.3, -0.25) is 4.98 Å². The Morgan fingerprint density at radius 2 is 1.51 bits per heavy atom. The van der Waals surface area contributed by atoms with Gasteiger partial charge in [-0.25, -0.2) is 0 Å². The number of rotatable bonds is 4. The minimum absolute atomic E-state index is 0.0478. The van der Waals surface area contributed by atoms with E-state index in [1.165, 1.54) is 28.7 Å². The van der Waals surface area contributed by atoms with Crippen LogP contribution >= 0.6 is 0 Å². The molecule has 39 heavy (non-hydrogen) atoms. The molecule has 1 aliphatic carbocycles. The van der Waals surface area contributed by atoms with Gasteiger partial charge in [-0.2, -0.15) is 0 Å². The van der Waals surface area contributed by atoms with Crippen LogP contribution in [0.1, 0.15) is 174 Å². The van der Waals surface area contributed by atoms with Crippen LogP contribution in [0.5, 0.6) is 0 Å². The maximum Gasteiger partial charge on any atom is 0.111 e. The fraction of sp³-hybridized carbons (Fsp3) is 0.694. The van der Waals surface area contributed by atoms with E-state index in [-0.39, 0.29) is 22.9 Å². The maximum absolute atomic E-state index is 11.3. The van der Waals surface area contributed by atoms with Crippen molar-refractivity contribution in [2.45, 2.75) is 152 Å². The molecule has 1 aromatic carbocycles. The Hall–Kier alpha value is -1.71. The molecule has 3 atom stereocenters. The van der Waals surface area contributed by atoms with Gasteiger partial charge in [0.1, 0.15) is 6.10 Å². The monoisotopic (exact) mass is 537 g/mol. The number of nitrogens with zero attached hydrogens (tertiary/aromatic N) is 1. The van der Waals surface area contributed by atoms with Gasteiger partial charge in [-0.1, -0.05) is 121 Å². The van der Waals surface area contributed by atoms with Crippen LogP contribution in [0.2, 0.25) is 0 Å². The van der Waals surface area contributed by atoms with Gasteiger partial charge >= 0.3 is 0 Å². The molecule has 2 heterocycles.